The lowest BCUT2D eigenvalue weighted by Crippen LogP contribution is -2.29. The first kappa shape index (κ1) is 12.4. The molecule has 0 N–H and O–H groups in total. The van der Waals surface area contributed by atoms with Crippen molar-refractivity contribution in [1.82, 2.24) is 9.36 Å². The lowest BCUT2D eigenvalue weighted by Gasteiger charge is -2.19. The van der Waals surface area contributed by atoms with Crippen molar-refractivity contribution in [2.45, 2.75) is 19.9 Å². The quantitative estimate of drug-likeness (QED) is 0.842. The number of likely N-dealkylation sites (N-methyl/N-ethyl adjacent to an activating group) is 1. The van der Waals surface area contributed by atoms with Crippen molar-refractivity contribution in [3.8, 4) is 0 Å². The number of nitrogens with zero attached hydrogens (tertiary/aromatic N) is 4. The molecule has 19 heavy (non-hydrogen) atoms. The van der Waals surface area contributed by atoms with Crippen molar-refractivity contribution >= 4 is 22.4 Å². The number of hydrogen-bond donors (Lipinski definition) is 0. The van der Waals surface area contributed by atoms with Crippen LogP contribution in [0.4, 0.5) is 10.8 Å². The summed E-state index contributed by atoms with van der Waals surface area (Å²) in [5.74, 6) is 0.950. The Morgan fingerprint density at radius 3 is 2.89 bits per heavy atom. The van der Waals surface area contributed by atoms with Gasteiger partial charge in [-0.3, -0.25) is 0 Å². The van der Waals surface area contributed by atoms with Gasteiger partial charge >= 0.3 is 0 Å². The molecule has 1 aliphatic heterocycles. The number of benzene rings is 1. The van der Waals surface area contributed by atoms with Gasteiger partial charge in [-0.15, -0.1) is 0 Å². The maximum Gasteiger partial charge on any atom is 0.205 e. The minimum Gasteiger partial charge on any atom is -0.373 e. The van der Waals surface area contributed by atoms with Crippen LogP contribution in [0.15, 0.2) is 24.3 Å². The zero-order valence-corrected chi connectivity index (χ0v) is 12.2. The summed E-state index contributed by atoms with van der Waals surface area (Å²) in [5.41, 5.74) is 2.68. The third-order valence-electron chi connectivity index (χ3n) is 3.51. The van der Waals surface area contributed by atoms with E-state index in [1.165, 1.54) is 22.8 Å². The van der Waals surface area contributed by atoms with Gasteiger partial charge in [-0.1, -0.05) is 25.1 Å². The van der Waals surface area contributed by atoms with E-state index < -0.39 is 0 Å². The van der Waals surface area contributed by atoms with Crippen molar-refractivity contribution in [3.63, 3.8) is 0 Å². The number of rotatable bonds is 2. The first-order valence-corrected chi connectivity index (χ1v) is 7.42. The predicted octanol–water partition coefficient (Wildman–Crippen LogP) is 2.56. The van der Waals surface area contributed by atoms with E-state index in [1.54, 1.807) is 0 Å². The van der Waals surface area contributed by atoms with Crippen molar-refractivity contribution in [3.05, 3.63) is 35.7 Å². The van der Waals surface area contributed by atoms with Gasteiger partial charge in [-0.2, -0.15) is 4.37 Å². The molecule has 0 atom stereocenters. The molecule has 0 unspecified atom stereocenters. The number of anilines is 2. The number of fused-ring (bicyclic) bond motifs is 1. The van der Waals surface area contributed by atoms with E-state index in [4.69, 9.17) is 0 Å². The maximum atomic E-state index is 4.61. The fraction of sp³-hybridized carbons (Fsp3) is 0.429. The monoisotopic (exact) mass is 274 g/mol. The molecule has 5 heteroatoms. The van der Waals surface area contributed by atoms with Crippen molar-refractivity contribution in [2.75, 3.05) is 29.9 Å². The average Bonchev–Trinajstić information content (AvgIpc) is 2.86. The Balaban J connectivity index is 1.90. The van der Waals surface area contributed by atoms with Crippen LogP contribution < -0.4 is 9.80 Å². The van der Waals surface area contributed by atoms with Crippen LogP contribution in [0.3, 0.4) is 0 Å². The normalized spacial score (nSPS) is 15.3. The third-order valence-corrected chi connectivity index (χ3v) is 4.33. The van der Waals surface area contributed by atoms with E-state index >= 15 is 0 Å². The molecule has 1 aromatic heterocycles. The zero-order chi connectivity index (χ0) is 13.2. The van der Waals surface area contributed by atoms with Gasteiger partial charge in [0, 0.05) is 50.3 Å². The van der Waals surface area contributed by atoms with E-state index in [0.29, 0.717) is 0 Å². The molecule has 0 aliphatic carbocycles. The van der Waals surface area contributed by atoms with Crippen LogP contribution in [-0.2, 0) is 13.0 Å². The second-order valence-corrected chi connectivity index (χ2v) is 5.55. The largest absolute Gasteiger partial charge is 0.373 e. The first-order chi connectivity index (χ1) is 9.28. The zero-order valence-electron chi connectivity index (χ0n) is 11.3. The average molecular weight is 274 g/mol. The molecule has 2 aromatic rings. The summed E-state index contributed by atoms with van der Waals surface area (Å²) in [4.78, 5) is 9.26. The van der Waals surface area contributed by atoms with Gasteiger partial charge in [-0.05, 0) is 11.6 Å². The molecule has 0 fully saturated rings. The highest BCUT2D eigenvalue weighted by molar-refractivity contribution is 7.09. The molecule has 1 aliphatic rings. The fourth-order valence-corrected chi connectivity index (χ4v) is 3.15. The number of para-hydroxylation sites is 1. The summed E-state index contributed by atoms with van der Waals surface area (Å²) in [6.07, 6.45) is 0.904. The lowest BCUT2D eigenvalue weighted by molar-refractivity contribution is 0.790. The van der Waals surface area contributed by atoms with E-state index in [9.17, 15) is 0 Å². The molecule has 1 aromatic carbocycles. The van der Waals surface area contributed by atoms with Gasteiger partial charge in [0.25, 0.3) is 0 Å². The molecule has 0 radical (unpaired) electrons. The predicted molar refractivity (Wildman–Crippen MR) is 80.0 cm³/mol. The van der Waals surface area contributed by atoms with Crippen LogP contribution in [0, 0.1) is 0 Å². The molecule has 0 spiro atoms. The molecule has 0 amide bonds. The van der Waals surface area contributed by atoms with Crippen LogP contribution in [0.2, 0.25) is 0 Å². The Morgan fingerprint density at radius 1 is 1.26 bits per heavy atom. The van der Waals surface area contributed by atoms with E-state index in [-0.39, 0.29) is 0 Å². The van der Waals surface area contributed by atoms with E-state index in [1.807, 2.05) is 0 Å². The summed E-state index contributed by atoms with van der Waals surface area (Å²) in [6.45, 7) is 5.01. The van der Waals surface area contributed by atoms with Gasteiger partial charge in [0.05, 0.1) is 0 Å². The minimum absolute atomic E-state index is 0.904. The van der Waals surface area contributed by atoms with E-state index in [0.717, 1.165) is 37.0 Å². The number of aromatic nitrogens is 2. The highest BCUT2D eigenvalue weighted by atomic mass is 32.1. The molecule has 3 rings (SSSR count). The smallest absolute Gasteiger partial charge is 0.205 e. The summed E-state index contributed by atoms with van der Waals surface area (Å²) in [6, 6.07) is 8.60. The topological polar surface area (TPSA) is 32.3 Å². The molecular formula is C14H18N4S. The second kappa shape index (κ2) is 5.17. The molecule has 2 heterocycles. The Morgan fingerprint density at radius 2 is 2.11 bits per heavy atom. The summed E-state index contributed by atoms with van der Waals surface area (Å²) >= 11 is 1.51. The number of hydrogen-bond acceptors (Lipinski definition) is 5. The minimum atomic E-state index is 0.904. The number of aryl methyl sites for hydroxylation is 1. The standard InChI is InChI=1S/C14H18N4S/c1-3-13-15-14(19-16-13)18-9-8-17(2)12-7-5-4-6-11(12)10-18/h4-7H,3,8-10H2,1-2H3. The van der Waals surface area contributed by atoms with Crippen LogP contribution in [0.1, 0.15) is 18.3 Å². The van der Waals surface area contributed by atoms with Crippen LogP contribution >= 0.6 is 11.5 Å². The Labute approximate surface area is 117 Å². The highest BCUT2D eigenvalue weighted by Gasteiger charge is 2.19. The van der Waals surface area contributed by atoms with Gasteiger partial charge < -0.3 is 9.80 Å². The SMILES string of the molecule is CCc1nsc(N2CCN(C)c3ccccc3C2)n1. The summed E-state index contributed by atoms with van der Waals surface area (Å²) in [7, 11) is 2.15. The van der Waals surface area contributed by atoms with Crippen LogP contribution in [0.25, 0.3) is 0 Å². The first-order valence-electron chi connectivity index (χ1n) is 6.64. The molecule has 0 saturated carbocycles. The Kier molecular flexibility index (Phi) is 3.38. The molecule has 4 nitrogen and oxygen atoms in total. The van der Waals surface area contributed by atoms with Crippen molar-refractivity contribution in [2.24, 2.45) is 0 Å². The summed E-state index contributed by atoms with van der Waals surface area (Å²) < 4.78 is 4.39. The second-order valence-electron chi connectivity index (χ2n) is 4.82. The van der Waals surface area contributed by atoms with Gasteiger partial charge in [0.1, 0.15) is 5.82 Å². The van der Waals surface area contributed by atoms with E-state index in [2.05, 4.69) is 57.4 Å². The van der Waals surface area contributed by atoms with Crippen molar-refractivity contribution in [1.29, 1.82) is 0 Å². The third kappa shape index (κ3) is 2.42. The summed E-state index contributed by atoms with van der Waals surface area (Å²) in [5, 5.41) is 1.04. The van der Waals surface area contributed by atoms with Gasteiger partial charge in [0.2, 0.25) is 5.13 Å². The van der Waals surface area contributed by atoms with Crippen LogP contribution in [0.5, 0.6) is 0 Å². The highest BCUT2D eigenvalue weighted by Crippen LogP contribution is 2.27. The Hall–Kier alpha value is -1.62. The van der Waals surface area contributed by atoms with Crippen LogP contribution in [-0.4, -0.2) is 29.5 Å². The molecule has 100 valence electrons. The Bertz CT molecular complexity index is 566. The van der Waals surface area contributed by atoms with Gasteiger partial charge in [-0.25, -0.2) is 4.98 Å². The van der Waals surface area contributed by atoms with Crippen molar-refractivity contribution < 1.29 is 0 Å². The maximum absolute atomic E-state index is 4.61. The lowest BCUT2D eigenvalue weighted by atomic mass is 10.1. The fourth-order valence-electron chi connectivity index (χ4n) is 2.37. The molecule has 0 saturated heterocycles. The molecular weight excluding hydrogens is 256 g/mol. The van der Waals surface area contributed by atoms with Gasteiger partial charge in [0.15, 0.2) is 0 Å². The molecule has 0 bridgehead atoms.